The third-order valence-electron chi connectivity index (χ3n) is 2.56. The molecule has 1 heterocycles. The average molecular weight is 286 g/mol. The summed E-state index contributed by atoms with van der Waals surface area (Å²) in [4.78, 5) is 0. The molecule has 1 unspecified atom stereocenters. The largest absolute Gasteiger partial charge is 0.491 e. The highest BCUT2D eigenvalue weighted by molar-refractivity contribution is 5.30. The zero-order chi connectivity index (χ0) is 14.6. The van der Waals surface area contributed by atoms with Gasteiger partial charge in [0.2, 0.25) is 0 Å². The fourth-order valence-corrected chi connectivity index (χ4v) is 1.63. The first-order valence-electron chi connectivity index (χ1n) is 5.91. The molecule has 4 nitrogen and oxygen atoms in total. The van der Waals surface area contributed by atoms with Crippen LogP contribution >= 0.6 is 0 Å². The normalized spacial score (nSPS) is 13.2. The van der Waals surface area contributed by atoms with Gasteiger partial charge in [-0.2, -0.15) is 18.3 Å². The summed E-state index contributed by atoms with van der Waals surface area (Å²) in [5.74, 6) is 0.0688. The summed E-state index contributed by atoms with van der Waals surface area (Å²) in [6.07, 6.45) is -2.02. The molecule has 0 radical (unpaired) electrons. The van der Waals surface area contributed by atoms with Gasteiger partial charge in [-0.05, 0) is 24.3 Å². The number of nitrogens with zero attached hydrogens (tertiary/aromatic N) is 2. The second-order valence-corrected chi connectivity index (χ2v) is 4.22. The predicted molar refractivity (Wildman–Crippen MR) is 65.2 cm³/mol. The molecular weight excluding hydrogens is 273 g/mol. The Morgan fingerprint density at radius 3 is 2.75 bits per heavy atom. The van der Waals surface area contributed by atoms with Crippen molar-refractivity contribution in [3.63, 3.8) is 0 Å². The van der Waals surface area contributed by atoms with Gasteiger partial charge >= 0.3 is 6.18 Å². The third-order valence-corrected chi connectivity index (χ3v) is 2.56. The first kappa shape index (κ1) is 14.4. The number of aliphatic hydroxyl groups excluding tert-OH is 1. The van der Waals surface area contributed by atoms with Gasteiger partial charge in [0.15, 0.2) is 0 Å². The molecule has 2 aromatic rings. The van der Waals surface area contributed by atoms with Crippen molar-refractivity contribution in [3.8, 4) is 5.75 Å². The molecule has 1 aromatic carbocycles. The highest BCUT2D eigenvalue weighted by atomic mass is 19.4. The third kappa shape index (κ3) is 3.99. The van der Waals surface area contributed by atoms with Crippen LogP contribution < -0.4 is 4.74 Å². The van der Waals surface area contributed by atoms with Crippen molar-refractivity contribution in [2.24, 2.45) is 0 Å². The van der Waals surface area contributed by atoms with E-state index in [0.717, 1.165) is 12.1 Å². The van der Waals surface area contributed by atoms with E-state index in [2.05, 4.69) is 5.10 Å². The first-order chi connectivity index (χ1) is 9.45. The van der Waals surface area contributed by atoms with E-state index in [1.165, 1.54) is 16.8 Å². The Hall–Kier alpha value is -2.02. The number of hydrogen-bond acceptors (Lipinski definition) is 3. The van der Waals surface area contributed by atoms with Crippen LogP contribution in [0.15, 0.2) is 42.7 Å². The lowest BCUT2D eigenvalue weighted by Crippen LogP contribution is -2.23. The summed E-state index contributed by atoms with van der Waals surface area (Å²) in [5, 5.41) is 13.6. The van der Waals surface area contributed by atoms with Crippen LogP contribution in [0.4, 0.5) is 13.2 Å². The van der Waals surface area contributed by atoms with Crippen molar-refractivity contribution in [2.75, 3.05) is 6.61 Å². The van der Waals surface area contributed by atoms with Crippen LogP contribution in [0.2, 0.25) is 0 Å². The van der Waals surface area contributed by atoms with Crippen molar-refractivity contribution >= 4 is 0 Å². The van der Waals surface area contributed by atoms with Gasteiger partial charge in [0.05, 0.1) is 12.1 Å². The molecule has 1 N–H and O–H groups in total. The topological polar surface area (TPSA) is 47.3 Å². The van der Waals surface area contributed by atoms with E-state index in [-0.39, 0.29) is 18.9 Å². The number of ether oxygens (including phenoxy) is 1. The number of aromatic nitrogens is 2. The van der Waals surface area contributed by atoms with Crippen molar-refractivity contribution in [3.05, 3.63) is 48.3 Å². The average Bonchev–Trinajstić information content (AvgIpc) is 2.88. The van der Waals surface area contributed by atoms with Crippen molar-refractivity contribution in [1.82, 2.24) is 9.78 Å². The van der Waals surface area contributed by atoms with Gasteiger partial charge in [0.25, 0.3) is 0 Å². The Morgan fingerprint density at radius 1 is 1.30 bits per heavy atom. The van der Waals surface area contributed by atoms with Crippen LogP contribution in [0.1, 0.15) is 5.56 Å². The van der Waals surface area contributed by atoms with Crippen molar-refractivity contribution < 1.29 is 23.0 Å². The SMILES string of the molecule is OC(COc1cccc(C(F)(F)F)c1)Cn1cccn1. The van der Waals surface area contributed by atoms with Gasteiger partial charge in [0.1, 0.15) is 18.5 Å². The van der Waals surface area contributed by atoms with Crippen molar-refractivity contribution in [1.29, 1.82) is 0 Å². The van der Waals surface area contributed by atoms with E-state index in [1.807, 2.05) is 0 Å². The zero-order valence-corrected chi connectivity index (χ0v) is 10.4. The number of rotatable bonds is 5. The molecule has 2 rings (SSSR count). The summed E-state index contributed by atoms with van der Waals surface area (Å²) < 4.78 is 44.2. The van der Waals surface area contributed by atoms with Crippen LogP contribution in [0.25, 0.3) is 0 Å². The van der Waals surface area contributed by atoms with Gasteiger partial charge in [0, 0.05) is 12.4 Å². The molecule has 1 aromatic heterocycles. The molecule has 0 saturated carbocycles. The number of aliphatic hydroxyl groups is 1. The standard InChI is InChI=1S/C13H13F3N2O2/c14-13(15,16)10-3-1-4-12(7-10)20-9-11(19)8-18-6-2-5-17-18/h1-7,11,19H,8-9H2. The molecule has 1 atom stereocenters. The highest BCUT2D eigenvalue weighted by Crippen LogP contribution is 2.31. The lowest BCUT2D eigenvalue weighted by molar-refractivity contribution is -0.137. The summed E-state index contributed by atoms with van der Waals surface area (Å²) in [6.45, 7) is 0.104. The Kier molecular flexibility index (Phi) is 4.29. The summed E-state index contributed by atoms with van der Waals surface area (Å²) >= 11 is 0. The molecule has 20 heavy (non-hydrogen) atoms. The van der Waals surface area contributed by atoms with Gasteiger partial charge in [-0.3, -0.25) is 4.68 Å². The Balaban J connectivity index is 1.90. The molecular formula is C13H13F3N2O2. The van der Waals surface area contributed by atoms with Gasteiger partial charge in [-0.15, -0.1) is 0 Å². The molecule has 0 fully saturated rings. The Labute approximate surface area is 113 Å². The smallest absolute Gasteiger partial charge is 0.416 e. The molecule has 0 aliphatic rings. The lowest BCUT2D eigenvalue weighted by Gasteiger charge is -2.13. The van der Waals surface area contributed by atoms with Gasteiger partial charge in [-0.1, -0.05) is 6.07 Å². The van der Waals surface area contributed by atoms with E-state index in [1.54, 1.807) is 18.5 Å². The van der Waals surface area contributed by atoms with E-state index in [0.29, 0.717) is 0 Å². The maximum absolute atomic E-state index is 12.5. The zero-order valence-electron chi connectivity index (χ0n) is 10.4. The van der Waals surface area contributed by atoms with Crippen molar-refractivity contribution in [2.45, 2.75) is 18.8 Å². The maximum Gasteiger partial charge on any atom is 0.416 e. The fourth-order valence-electron chi connectivity index (χ4n) is 1.63. The van der Waals surface area contributed by atoms with E-state index >= 15 is 0 Å². The number of alkyl halides is 3. The number of benzene rings is 1. The summed E-state index contributed by atoms with van der Waals surface area (Å²) in [7, 11) is 0. The Morgan fingerprint density at radius 2 is 2.10 bits per heavy atom. The van der Waals surface area contributed by atoms with Crippen LogP contribution in [-0.4, -0.2) is 27.6 Å². The second kappa shape index (κ2) is 5.96. The van der Waals surface area contributed by atoms with Gasteiger partial charge in [-0.25, -0.2) is 0 Å². The lowest BCUT2D eigenvalue weighted by atomic mass is 10.2. The molecule has 0 aliphatic carbocycles. The van der Waals surface area contributed by atoms with Crippen LogP contribution in [0.5, 0.6) is 5.75 Å². The molecule has 0 saturated heterocycles. The van der Waals surface area contributed by atoms with E-state index in [4.69, 9.17) is 4.74 Å². The molecule has 0 bridgehead atoms. The minimum Gasteiger partial charge on any atom is -0.491 e. The number of halogens is 3. The first-order valence-corrected chi connectivity index (χ1v) is 5.91. The van der Waals surface area contributed by atoms with Gasteiger partial charge < -0.3 is 9.84 Å². The molecule has 7 heteroatoms. The van der Waals surface area contributed by atoms with Crippen LogP contribution in [0, 0.1) is 0 Å². The molecule has 0 spiro atoms. The second-order valence-electron chi connectivity index (χ2n) is 4.22. The Bertz CT molecular complexity index is 541. The molecule has 108 valence electrons. The summed E-state index contributed by atoms with van der Waals surface area (Å²) in [6, 6.07) is 6.25. The molecule has 0 amide bonds. The fraction of sp³-hybridized carbons (Fsp3) is 0.308. The predicted octanol–water partition coefficient (Wildman–Crippen LogP) is 2.34. The summed E-state index contributed by atoms with van der Waals surface area (Å²) in [5.41, 5.74) is -0.781. The van der Waals surface area contributed by atoms with Crippen LogP contribution in [-0.2, 0) is 12.7 Å². The highest BCUT2D eigenvalue weighted by Gasteiger charge is 2.30. The van der Waals surface area contributed by atoms with Crippen LogP contribution in [0.3, 0.4) is 0 Å². The minimum absolute atomic E-state index is 0.0688. The van der Waals surface area contributed by atoms with E-state index in [9.17, 15) is 18.3 Å². The quantitative estimate of drug-likeness (QED) is 0.917. The maximum atomic E-state index is 12.5. The number of hydrogen-bond donors (Lipinski definition) is 1. The van der Waals surface area contributed by atoms with E-state index < -0.39 is 17.8 Å². The monoisotopic (exact) mass is 286 g/mol. The molecule has 0 aliphatic heterocycles. The minimum atomic E-state index is -4.41.